The fourth-order valence-electron chi connectivity index (χ4n) is 2.67. The van der Waals surface area contributed by atoms with Crippen LogP contribution in [-0.2, 0) is 4.79 Å². The quantitative estimate of drug-likeness (QED) is 0.812. The van der Waals surface area contributed by atoms with Crippen molar-refractivity contribution in [3.05, 3.63) is 35.6 Å². The molecule has 0 bridgehead atoms. The smallest absolute Gasteiger partial charge is 0.407 e. The van der Waals surface area contributed by atoms with Gasteiger partial charge in [0.1, 0.15) is 5.82 Å². The van der Waals surface area contributed by atoms with Crippen LogP contribution in [-0.4, -0.2) is 46.9 Å². The minimum absolute atomic E-state index is 0.0446. The molecule has 0 aliphatic carbocycles. The number of likely N-dealkylation sites (tertiary alicyclic amines) is 1. The van der Waals surface area contributed by atoms with Crippen LogP contribution < -0.4 is 5.32 Å². The van der Waals surface area contributed by atoms with Crippen LogP contribution in [0.2, 0.25) is 0 Å². The van der Waals surface area contributed by atoms with Gasteiger partial charge in [0.05, 0.1) is 6.54 Å². The molecule has 2 N–H and O–H groups in total. The summed E-state index contributed by atoms with van der Waals surface area (Å²) < 4.78 is 12.8. The molecular formula is C16H19FN2O4. The van der Waals surface area contributed by atoms with Gasteiger partial charge in [-0.15, -0.1) is 0 Å². The predicted molar refractivity (Wildman–Crippen MR) is 80.7 cm³/mol. The Kier molecular flexibility index (Phi) is 5.67. The van der Waals surface area contributed by atoms with Gasteiger partial charge in [-0.1, -0.05) is 0 Å². The van der Waals surface area contributed by atoms with E-state index in [9.17, 15) is 18.8 Å². The van der Waals surface area contributed by atoms with Gasteiger partial charge in [-0.2, -0.15) is 0 Å². The largest absolute Gasteiger partial charge is 0.465 e. The summed E-state index contributed by atoms with van der Waals surface area (Å²) >= 11 is 0. The number of hydrogen-bond donors (Lipinski definition) is 2. The first-order chi connectivity index (χ1) is 11.0. The highest BCUT2D eigenvalue weighted by Gasteiger charge is 2.28. The van der Waals surface area contributed by atoms with Crippen molar-refractivity contribution < 1.29 is 23.9 Å². The second kappa shape index (κ2) is 7.71. The molecule has 2 rings (SSSR count). The van der Waals surface area contributed by atoms with Crippen LogP contribution in [0.1, 0.15) is 36.0 Å². The van der Waals surface area contributed by atoms with Gasteiger partial charge >= 0.3 is 6.09 Å². The van der Waals surface area contributed by atoms with Crippen LogP contribution in [0, 0.1) is 5.82 Å². The molecule has 1 aliphatic rings. The maximum absolute atomic E-state index is 12.8. The molecule has 6 nitrogen and oxygen atoms in total. The lowest BCUT2D eigenvalue weighted by Gasteiger charge is -2.33. The fraction of sp³-hybridized carbons (Fsp3) is 0.438. The van der Waals surface area contributed by atoms with Gasteiger partial charge in [-0.25, -0.2) is 9.18 Å². The maximum atomic E-state index is 12.8. The average molecular weight is 322 g/mol. The first kappa shape index (κ1) is 16.9. The third kappa shape index (κ3) is 4.77. The van der Waals surface area contributed by atoms with E-state index in [1.54, 1.807) is 0 Å². The molecule has 1 aliphatic heterocycles. The van der Waals surface area contributed by atoms with E-state index in [0.29, 0.717) is 18.5 Å². The summed E-state index contributed by atoms with van der Waals surface area (Å²) in [7, 11) is 0. The Balaban J connectivity index is 1.83. The second-order valence-electron chi connectivity index (χ2n) is 5.54. The number of carbonyl (C=O) groups is 3. The van der Waals surface area contributed by atoms with Gasteiger partial charge in [0, 0.05) is 24.6 Å². The van der Waals surface area contributed by atoms with Crippen molar-refractivity contribution in [1.82, 2.24) is 10.2 Å². The molecule has 2 amide bonds. The lowest BCUT2D eigenvalue weighted by Crippen LogP contribution is -2.45. The van der Waals surface area contributed by atoms with Crippen molar-refractivity contribution in [3.8, 4) is 0 Å². The highest BCUT2D eigenvalue weighted by Crippen LogP contribution is 2.19. The standard InChI is InChI=1S/C16H19FN2O4/c17-12-6-4-11(5-7-12)14(20)10-18-15(21)9-13-3-1-2-8-19(13)16(22)23/h4-7,13H,1-3,8-10H2,(H,18,21)(H,22,23). The highest BCUT2D eigenvalue weighted by atomic mass is 19.1. The topological polar surface area (TPSA) is 86.7 Å². The van der Waals surface area contributed by atoms with E-state index in [-0.39, 0.29) is 30.7 Å². The summed E-state index contributed by atoms with van der Waals surface area (Å²) in [5.41, 5.74) is 0.316. The van der Waals surface area contributed by atoms with Crippen molar-refractivity contribution in [3.63, 3.8) is 0 Å². The summed E-state index contributed by atoms with van der Waals surface area (Å²) in [5, 5.41) is 11.6. The van der Waals surface area contributed by atoms with E-state index in [0.717, 1.165) is 12.8 Å². The molecule has 124 valence electrons. The van der Waals surface area contributed by atoms with Gasteiger partial charge < -0.3 is 15.3 Å². The van der Waals surface area contributed by atoms with Crippen LogP contribution in [0.4, 0.5) is 9.18 Å². The molecule has 1 saturated heterocycles. The molecule has 1 aromatic rings. The summed E-state index contributed by atoms with van der Waals surface area (Å²) in [4.78, 5) is 36.2. The Morgan fingerprint density at radius 2 is 1.91 bits per heavy atom. The molecule has 23 heavy (non-hydrogen) atoms. The summed E-state index contributed by atoms with van der Waals surface area (Å²) in [6.45, 7) is 0.242. The predicted octanol–water partition coefficient (Wildman–Crippen LogP) is 2.05. The number of amides is 2. The molecule has 1 aromatic carbocycles. The summed E-state index contributed by atoms with van der Waals surface area (Å²) in [5.74, 6) is -1.12. The Bertz CT molecular complexity index is 588. The maximum Gasteiger partial charge on any atom is 0.407 e. The number of halogens is 1. The molecule has 7 heteroatoms. The van der Waals surface area contributed by atoms with E-state index in [1.807, 2.05) is 0 Å². The van der Waals surface area contributed by atoms with Gasteiger partial charge in [0.15, 0.2) is 5.78 Å². The van der Waals surface area contributed by atoms with Gasteiger partial charge in [0.25, 0.3) is 0 Å². The summed E-state index contributed by atoms with van der Waals surface area (Å²) in [6.07, 6.45) is 1.35. The van der Waals surface area contributed by atoms with Crippen molar-refractivity contribution in [1.29, 1.82) is 0 Å². The normalized spacial score (nSPS) is 17.6. The second-order valence-corrected chi connectivity index (χ2v) is 5.54. The van der Waals surface area contributed by atoms with Crippen LogP contribution in [0.15, 0.2) is 24.3 Å². The molecule has 0 saturated carbocycles. The van der Waals surface area contributed by atoms with Crippen LogP contribution in [0.3, 0.4) is 0 Å². The number of nitrogens with one attached hydrogen (secondary N) is 1. The average Bonchev–Trinajstić information content (AvgIpc) is 2.53. The third-order valence-corrected chi connectivity index (χ3v) is 3.91. The van der Waals surface area contributed by atoms with Crippen LogP contribution in [0.25, 0.3) is 0 Å². The highest BCUT2D eigenvalue weighted by molar-refractivity contribution is 5.99. The molecule has 1 fully saturated rings. The molecule has 0 radical (unpaired) electrons. The van der Waals surface area contributed by atoms with Crippen LogP contribution in [0.5, 0.6) is 0 Å². The van der Waals surface area contributed by atoms with Crippen molar-refractivity contribution in [2.45, 2.75) is 31.7 Å². The zero-order chi connectivity index (χ0) is 16.8. The molecular weight excluding hydrogens is 303 g/mol. The fourth-order valence-corrected chi connectivity index (χ4v) is 2.67. The van der Waals surface area contributed by atoms with E-state index in [2.05, 4.69) is 5.32 Å². The SMILES string of the molecule is O=C(CC1CCCCN1C(=O)O)NCC(=O)c1ccc(F)cc1. The van der Waals surface area contributed by atoms with E-state index >= 15 is 0 Å². The minimum Gasteiger partial charge on any atom is -0.465 e. The number of ketones is 1. The Morgan fingerprint density at radius 1 is 1.22 bits per heavy atom. The first-order valence-corrected chi connectivity index (χ1v) is 7.52. The monoisotopic (exact) mass is 322 g/mol. The molecule has 0 aromatic heterocycles. The zero-order valence-electron chi connectivity index (χ0n) is 12.6. The number of Topliss-reactive ketones (excluding diaryl/α,β-unsaturated/α-hetero) is 1. The molecule has 0 spiro atoms. The molecule has 1 atom stereocenters. The number of rotatable bonds is 5. The van der Waals surface area contributed by atoms with E-state index < -0.39 is 11.9 Å². The number of carbonyl (C=O) groups excluding carboxylic acids is 2. The first-order valence-electron chi connectivity index (χ1n) is 7.52. The lowest BCUT2D eigenvalue weighted by atomic mass is 9.99. The zero-order valence-corrected chi connectivity index (χ0v) is 12.6. The minimum atomic E-state index is -1.02. The van der Waals surface area contributed by atoms with Crippen molar-refractivity contribution >= 4 is 17.8 Å². The number of benzene rings is 1. The Hall–Kier alpha value is -2.44. The van der Waals surface area contributed by atoms with Gasteiger partial charge in [-0.3, -0.25) is 9.59 Å². The van der Waals surface area contributed by atoms with Crippen LogP contribution >= 0.6 is 0 Å². The molecule has 1 heterocycles. The number of nitrogens with zero attached hydrogens (tertiary/aromatic N) is 1. The molecule has 1 unspecified atom stereocenters. The van der Waals surface area contributed by atoms with Gasteiger partial charge in [0.2, 0.25) is 5.91 Å². The number of piperidine rings is 1. The number of carboxylic acid groups (broad SMARTS) is 1. The van der Waals surface area contributed by atoms with Crippen molar-refractivity contribution in [2.24, 2.45) is 0 Å². The van der Waals surface area contributed by atoms with E-state index in [1.165, 1.54) is 29.2 Å². The van der Waals surface area contributed by atoms with Gasteiger partial charge in [-0.05, 0) is 43.5 Å². The third-order valence-electron chi connectivity index (χ3n) is 3.91. The Labute approximate surface area is 133 Å². The van der Waals surface area contributed by atoms with Crippen molar-refractivity contribution in [2.75, 3.05) is 13.1 Å². The lowest BCUT2D eigenvalue weighted by molar-refractivity contribution is -0.122. The van der Waals surface area contributed by atoms with E-state index in [4.69, 9.17) is 5.11 Å². The number of hydrogen-bond acceptors (Lipinski definition) is 3. The Morgan fingerprint density at radius 3 is 2.57 bits per heavy atom. The summed E-state index contributed by atoms with van der Waals surface area (Å²) in [6, 6.07) is 4.74.